The van der Waals surface area contributed by atoms with Crippen LogP contribution in [0.15, 0.2) is 29.3 Å². The summed E-state index contributed by atoms with van der Waals surface area (Å²) in [6.07, 6.45) is -3.14. The molecular formula is C20H23F3N4O3S. The van der Waals surface area contributed by atoms with Gasteiger partial charge in [-0.15, -0.1) is 0 Å². The molecule has 0 saturated carbocycles. The lowest BCUT2D eigenvalue weighted by Crippen LogP contribution is -2.09. The number of benzene rings is 1. The fourth-order valence-electron chi connectivity index (χ4n) is 2.98. The van der Waals surface area contributed by atoms with E-state index < -0.39 is 21.7 Å². The molecule has 0 unspecified atom stereocenters. The molecule has 3 rings (SSSR count). The number of carbonyl (C=O) groups is 1. The zero-order valence-electron chi connectivity index (χ0n) is 17.7. The Labute approximate surface area is 178 Å². The number of hydrogen-bond donors (Lipinski definition) is 1. The van der Waals surface area contributed by atoms with Gasteiger partial charge in [0.05, 0.1) is 27.9 Å². The molecule has 2 heterocycles. The fraction of sp³-hybridized carbons (Fsp3) is 0.350. The molecule has 0 aliphatic heterocycles. The number of amides is 1. The van der Waals surface area contributed by atoms with Gasteiger partial charge in [0.2, 0.25) is 6.41 Å². The van der Waals surface area contributed by atoms with Crippen LogP contribution in [-0.4, -0.2) is 35.1 Å². The second kappa shape index (κ2) is 9.04. The molecule has 0 aliphatic carbocycles. The maximum absolute atomic E-state index is 13.0. The van der Waals surface area contributed by atoms with Crippen LogP contribution >= 0.6 is 0 Å². The SMILES string of the molecule is CC.CCS(=O)(=O)c1cc(NC=O)c(C)cc1-c1nc2cc(C(F)(F)F)ncc2n1C. The van der Waals surface area contributed by atoms with Crippen molar-refractivity contribution in [3.05, 3.63) is 35.7 Å². The number of nitrogens with one attached hydrogen (secondary N) is 1. The lowest BCUT2D eigenvalue weighted by molar-refractivity contribution is -0.141. The Bertz CT molecular complexity index is 1220. The van der Waals surface area contributed by atoms with Crippen molar-refractivity contribution >= 4 is 33.0 Å². The maximum atomic E-state index is 13.0. The largest absolute Gasteiger partial charge is 0.433 e. The highest BCUT2D eigenvalue weighted by atomic mass is 32.2. The van der Waals surface area contributed by atoms with Crippen LogP contribution < -0.4 is 5.32 Å². The van der Waals surface area contributed by atoms with Crippen LogP contribution in [0.1, 0.15) is 32.0 Å². The summed E-state index contributed by atoms with van der Waals surface area (Å²) < 4.78 is 65.7. The van der Waals surface area contributed by atoms with E-state index in [0.29, 0.717) is 23.2 Å². The number of fused-ring (bicyclic) bond motifs is 1. The van der Waals surface area contributed by atoms with Gasteiger partial charge in [0.25, 0.3) is 0 Å². The summed E-state index contributed by atoms with van der Waals surface area (Å²) >= 11 is 0. The number of aromatic nitrogens is 3. The van der Waals surface area contributed by atoms with E-state index in [1.54, 1.807) is 14.0 Å². The van der Waals surface area contributed by atoms with Crippen LogP contribution in [0.25, 0.3) is 22.4 Å². The predicted octanol–water partition coefficient (Wildman–Crippen LogP) is 4.35. The summed E-state index contributed by atoms with van der Waals surface area (Å²) in [5.41, 5.74) is 0.391. The zero-order valence-corrected chi connectivity index (χ0v) is 18.5. The van der Waals surface area contributed by atoms with Crippen molar-refractivity contribution in [3.63, 3.8) is 0 Å². The number of pyridine rings is 1. The number of aryl methyl sites for hydroxylation is 2. The number of sulfone groups is 1. The Morgan fingerprint density at radius 2 is 1.84 bits per heavy atom. The van der Waals surface area contributed by atoms with Gasteiger partial charge in [-0.2, -0.15) is 13.2 Å². The van der Waals surface area contributed by atoms with Crippen molar-refractivity contribution < 1.29 is 26.4 Å². The van der Waals surface area contributed by atoms with E-state index in [-0.39, 0.29) is 27.6 Å². The number of nitrogens with zero attached hydrogens (tertiary/aromatic N) is 3. The minimum absolute atomic E-state index is 0.0393. The number of rotatable bonds is 5. The highest BCUT2D eigenvalue weighted by molar-refractivity contribution is 7.91. The molecule has 11 heteroatoms. The van der Waals surface area contributed by atoms with Crippen molar-refractivity contribution in [2.45, 2.75) is 38.8 Å². The molecule has 0 aliphatic rings. The molecule has 2 aromatic heterocycles. The molecule has 1 aromatic carbocycles. The molecule has 0 radical (unpaired) electrons. The lowest BCUT2D eigenvalue weighted by atomic mass is 10.1. The van der Waals surface area contributed by atoms with Crippen LogP contribution in [0.5, 0.6) is 0 Å². The summed E-state index contributed by atoms with van der Waals surface area (Å²) in [5, 5.41) is 2.45. The Morgan fingerprint density at radius 1 is 1.19 bits per heavy atom. The minimum Gasteiger partial charge on any atom is -0.328 e. The van der Waals surface area contributed by atoms with Gasteiger partial charge in [0.15, 0.2) is 9.84 Å². The summed E-state index contributed by atoms with van der Waals surface area (Å²) in [6.45, 7) is 7.14. The first-order valence-corrected chi connectivity index (χ1v) is 11.1. The minimum atomic E-state index is -4.62. The second-order valence-corrected chi connectivity index (χ2v) is 8.63. The van der Waals surface area contributed by atoms with Gasteiger partial charge in [0.1, 0.15) is 11.5 Å². The lowest BCUT2D eigenvalue weighted by Gasteiger charge is -2.14. The van der Waals surface area contributed by atoms with E-state index in [9.17, 15) is 26.4 Å². The van der Waals surface area contributed by atoms with E-state index in [0.717, 1.165) is 12.3 Å². The Kier molecular flexibility index (Phi) is 7.10. The molecule has 0 atom stereocenters. The second-order valence-electron chi connectivity index (χ2n) is 6.38. The molecular weight excluding hydrogens is 433 g/mol. The standard InChI is InChI=1S/C18H17F3N4O3S.C2H6/c1-4-29(27,28)15-6-12(23-9-26)10(2)5-11(15)17-24-13-7-16(18(19,20)21)22-8-14(13)25(17)3;1-2/h5-9H,4H2,1-3H3,(H,23,26);1-2H3. The maximum Gasteiger partial charge on any atom is 0.433 e. The van der Waals surface area contributed by atoms with Gasteiger partial charge < -0.3 is 9.88 Å². The first-order chi connectivity index (χ1) is 14.5. The number of imidazole rings is 1. The third kappa shape index (κ3) is 4.71. The van der Waals surface area contributed by atoms with E-state index in [4.69, 9.17) is 0 Å². The summed E-state index contributed by atoms with van der Waals surface area (Å²) in [6, 6.07) is 3.69. The topological polar surface area (TPSA) is 93.9 Å². The van der Waals surface area contributed by atoms with Gasteiger partial charge >= 0.3 is 6.18 Å². The summed E-state index contributed by atoms with van der Waals surface area (Å²) in [5.74, 6) is -0.0262. The average molecular weight is 456 g/mol. The highest BCUT2D eigenvalue weighted by Gasteiger charge is 2.33. The van der Waals surface area contributed by atoms with Crippen LogP contribution in [0.2, 0.25) is 0 Å². The quantitative estimate of drug-likeness (QED) is 0.576. The van der Waals surface area contributed by atoms with E-state index in [1.807, 2.05) is 13.8 Å². The molecule has 1 N–H and O–H groups in total. The van der Waals surface area contributed by atoms with Crippen LogP contribution in [0.4, 0.5) is 18.9 Å². The van der Waals surface area contributed by atoms with Gasteiger partial charge in [-0.25, -0.2) is 18.4 Å². The first-order valence-electron chi connectivity index (χ1n) is 9.47. The predicted molar refractivity (Wildman–Crippen MR) is 112 cm³/mol. The summed E-state index contributed by atoms with van der Waals surface area (Å²) in [7, 11) is -2.16. The van der Waals surface area contributed by atoms with Crippen molar-refractivity contribution in [1.82, 2.24) is 14.5 Å². The number of halogens is 3. The first kappa shape index (κ1) is 24.3. The Morgan fingerprint density at radius 3 is 2.39 bits per heavy atom. The normalized spacial score (nSPS) is 11.7. The number of anilines is 1. The van der Waals surface area contributed by atoms with Crippen molar-refractivity contribution in [2.24, 2.45) is 7.05 Å². The van der Waals surface area contributed by atoms with E-state index >= 15 is 0 Å². The summed E-state index contributed by atoms with van der Waals surface area (Å²) in [4.78, 5) is 18.4. The zero-order chi connectivity index (χ0) is 23.6. The van der Waals surface area contributed by atoms with E-state index in [2.05, 4.69) is 15.3 Å². The molecule has 168 valence electrons. The smallest absolute Gasteiger partial charge is 0.328 e. The van der Waals surface area contributed by atoms with Gasteiger partial charge in [-0.05, 0) is 30.7 Å². The van der Waals surface area contributed by atoms with Gasteiger partial charge in [-0.1, -0.05) is 20.8 Å². The third-order valence-electron chi connectivity index (χ3n) is 4.55. The van der Waals surface area contributed by atoms with Crippen LogP contribution in [-0.2, 0) is 27.9 Å². The molecule has 0 fully saturated rings. The fourth-order valence-corrected chi connectivity index (χ4v) is 4.07. The molecule has 3 aromatic rings. The average Bonchev–Trinajstić information content (AvgIpc) is 3.06. The molecule has 31 heavy (non-hydrogen) atoms. The molecule has 0 bridgehead atoms. The molecule has 1 amide bonds. The Balaban J connectivity index is 0.00000166. The number of carbonyl (C=O) groups excluding carboxylic acids is 1. The molecule has 7 nitrogen and oxygen atoms in total. The van der Waals surface area contributed by atoms with Crippen molar-refractivity contribution in [2.75, 3.05) is 11.1 Å². The van der Waals surface area contributed by atoms with Gasteiger partial charge in [-0.3, -0.25) is 4.79 Å². The third-order valence-corrected chi connectivity index (χ3v) is 6.32. The van der Waals surface area contributed by atoms with Crippen molar-refractivity contribution in [3.8, 4) is 11.4 Å². The van der Waals surface area contributed by atoms with Crippen LogP contribution in [0, 0.1) is 6.92 Å². The number of alkyl halides is 3. The van der Waals surface area contributed by atoms with Gasteiger partial charge in [0, 0.05) is 18.3 Å². The monoisotopic (exact) mass is 456 g/mol. The Hall–Kier alpha value is -2.95. The molecule has 0 spiro atoms. The van der Waals surface area contributed by atoms with Crippen molar-refractivity contribution in [1.29, 1.82) is 0 Å². The molecule has 0 saturated heterocycles. The van der Waals surface area contributed by atoms with E-state index in [1.165, 1.54) is 23.6 Å². The van der Waals surface area contributed by atoms with Crippen LogP contribution in [0.3, 0.4) is 0 Å². The number of hydrogen-bond acceptors (Lipinski definition) is 5. The highest BCUT2D eigenvalue weighted by Crippen LogP contribution is 2.35.